The second-order valence-corrected chi connectivity index (χ2v) is 24.7. The van der Waals surface area contributed by atoms with E-state index < -0.39 is 124 Å². The van der Waals surface area contributed by atoms with Crippen molar-refractivity contribution in [3.63, 3.8) is 0 Å². The standard InChI is InChI=1S/C64H123NO18/c1-3-5-7-9-11-13-15-17-19-20-21-22-23-24-25-26-27-28-29-31-33-35-37-39-41-48(69)47(65-52(70)42-40-38-36-34-32-30-18-16-14-12-10-8-6-4-2)46-78-62-58(76)55(73)60(50(44-67)80-62)83-64-59(77)56(74)61(51(45-68)81-64)82-63-57(75)54(72)53(71)49(43-66)79-63/h47-51,53-64,66-69,71-77H,3-46H2,1-2H3,(H,65,70). The normalized spacial score (nSPS) is 29.3. The third kappa shape index (κ3) is 30.7. The van der Waals surface area contributed by atoms with Gasteiger partial charge in [-0.05, 0) is 12.8 Å². The predicted molar refractivity (Wildman–Crippen MR) is 319 cm³/mol. The Hall–Kier alpha value is -1.21. The van der Waals surface area contributed by atoms with E-state index >= 15 is 0 Å². The molecule has 0 saturated carbocycles. The van der Waals surface area contributed by atoms with Crippen molar-refractivity contribution < 1.29 is 89.4 Å². The van der Waals surface area contributed by atoms with E-state index in [4.69, 9.17) is 28.4 Å². The maximum Gasteiger partial charge on any atom is 0.220 e. The maximum atomic E-state index is 13.4. The van der Waals surface area contributed by atoms with Crippen LogP contribution in [-0.4, -0.2) is 193 Å². The highest BCUT2D eigenvalue weighted by atomic mass is 16.8. The molecule has 17 unspecified atom stereocenters. The van der Waals surface area contributed by atoms with E-state index in [0.29, 0.717) is 12.8 Å². The Kier molecular flexibility index (Phi) is 43.7. The number of nitrogens with one attached hydrogen (secondary N) is 1. The average molecular weight is 1190 g/mol. The quantitative estimate of drug-likeness (QED) is 0.0257. The summed E-state index contributed by atoms with van der Waals surface area (Å²) in [5, 5.41) is 121. The number of aliphatic hydroxyl groups is 11. The molecule has 3 saturated heterocycles. The Bertz CT molecular complexity index is 1520. The second kappa shape index (κ2) is 47.7. The predicted octanol–water partition coefficient (Wildman–Crippen LogP) is 7.94. The topological polar surface area (TPSA) is 307 Å². The van der Waals surface area contributed by atoms with E-state index in [9.17, 15) is 61.0 Å². The van der Waals surface area contributed by atoms with Crippen molar-refractivity contribution >= 4 is 5.91 Å². The summed E-state index contributed by atoms with van der Waals surface area (Å²) in [7, 11) is 0. The first-order chi connectivity index (χ1) is 40.3. The van der Waals surface area contributed by atoms with Gasteiger partial charge < -0.3 is 89.9 Å². The van der Waals surface area contributed by atoms with E-state index in [-0.39, 0.29) is 18.9 Å². The van der Waals surface area contributed by atoms with E-state index in [1.807, 2.05) is 0 Å². The molecule has 3 aliphatic heterocycles. The molecule has 3 rings (SSSR count). The molecule has 0 aromatic carbocycles. The van der Waals surface area contributed by atoms with Crippen molar-refractivity contribution in [1.29, 1.82) is 0 Å². The molecule has 83 heavy (non-hydrogen) atoms. The van der Waals surface area contributed by atoms with Crippen molar-refractivity contribution in [2.45, 2.75) is 375 Å². The number of amides is 1. The molecular weight excluding hydrogens is 1070 g/mol. The number of ether oxygens (including phenoxy) is 6. The molecule has 0 aromatic heterocycles. The van der Waals surface area contributed by atoms with Crippen LogP contribution in [0.1, 0.15) is 271 Å². The lowest BCUT2D eigenvalue weighted by atomic mass is 9.96. The van der Waals surface area contributed by atoms with Gasteiger partial charge in [0.25, 0.3) is 0 Å². The summed E-state index contributed by atoms with van der Waals surface area (Å²) in [5.41, 5.74) is 0. The Morgan fingerprint density at radius 3 is 1.05 bits per heavy atom. The lowest BCUT2D eigenvalue weighted by Crippen LogP contribution is -2.66. The Labute approximate surface area is 500 Å². The Morgan fingerprint density at radius 1 is 0.386 bits per heavy atom. The summed E-state index contributed by atoms with van der Waals surface area (Å²) in [6, 6.07) is -0.881. The van der Waals surface area contributed by atoms with E-state index in [2.05, 4.69) is 19.2 Å². The highest BCUT2D eigenvalue weighted by molar-refractivity contribution is 5.76. The fourth-order valence-electron chi connectivity index (χ4n) is 11.9. The molecule has 0 bridgehead atoms. The minimum Gasteiger partial charge on any atom is -0.394 e. The first-order valence-electron chi connectivity index (χ1n) is 33.8. The monoisotopic (exact) mass is 1190 g/mol. The summed E-state index contributed by atoms with van der Waals surface area (Å²) in [4.78, 5) is 13.4. The van der Waals surface area contributed by atoms with Crippen molar-refractivity contribution in [3.8, 4) is 0 Å². The van der Waals surface area contributed by atoms with E-state index in [0.717, 1.165) is 44.9 Å². The van der Waals surface area contributed by atoms with Crippen LogP contribution < -0.4 is 5.32 Å². The zero-order valence-corrected chi connectivity index (χ0v) is 51.7. The summed E-state index contributed by atoms with van der Waals surface area (Å²) in [5.74, 6) is -0.238. The molecule has 3 fully saturated rings. The van der Waals surface area contributed by atoms with Gasteiger partial charge in [0.1, 0.15) is 73.2 Å². The highest BCUT2D eigenvalue weighted by Gasteiger charge is 2.53. The molecule has 0 aliphatic carbocycles. The smallest absolute Gasteiger partial charge is 0.220 e. The van der Waals surface area contributed by atoms with Gasteiger partial charge in [-0.25, -0.2) is 0 Å². The minimum absolute atomic E-state index is 0.238. The lowest BCUT2D eigenvalue weighted by Gasteiger charge is -2.48. The Balaban J connectivity index is 1.43. The Morgan fingerprint density at radius 2 is 0.687 bits per heavy atom. The van der Waals surface area contributed by atoms with Gasteiger partial charge in [-0.3, -0.25) is 4.79 Å². The molecule has 3 aliphatic rings. The summed E-state index contributed by atoms with van der Waals surface area (Å²) in [6.07, 6.45) is 21.8. The molecule has 0 radical (unpaired) electrons. The molecule has 17 atom stereocenters. The average Bonchev–Trinajstić information content (AvgIpc) is 3.35. The van der Waals surface area contributed by atoms with Gasteiger partial charge in [-0.15, -0.1) is 0 Å². The van der Waals surface area contributed by atoms with Crippen molar-refractivity contribution in [2.75, 3.05) is 26.4 Å². The van der Waals surface area contributed by atoms with Gasteiger partial charge in [-0.1, -0.05) is 251 Å². The number of hydrogen-bond acceptors (Lipinski definition) is 18. The molecule has 0 spiro atoms. The zero-order valence-electron chi connectivity index (χ0n) is 51.7. The molecule has 3 heterocycles. The van der Waals surface area contributed by atoms with Crippen LogP contribution in [0.15, 0.2) is 0 Å². The number of carbonyl (C=O) groups is 1. The van der Waals surface area contributed by atoms with Gasteiger partial charge in [0.05, 0.1) is 38.6 Å². The number of carbonyl (C=O) groups excluding carboxylic acids is 1. The molecule has 492 valence electrons. The molecule has 0 aromatic rings. The SMILES string of the molecule is CCCCCCCCCCCCCCCCCCCCCCCCCCC(O)C(COC1OC(CO)C(OC2OC(CO)C(OC3OC(CO)C(O)C(O)C3O)C(O)C2O)C(O)C1O)NC(=O)CCCCCCCCCCCCCCCC. The van der Waals surface area contributed by atoms with Crippen molar-refractivity contribution in [3.05, 3.63) is 0 Å². The molecular formula is C64H123NO18. The van der Waals surface area contributed by atoms with Gasteiger partial charge in [0.2, 0.25) is 5.91 Å². The van der Waals surface area contributed by atoms with Crippen LogP contribution in [0.3, 0.4) is 0 Å². The fourth-order valence-corrected chi connectivity index (χ4v) is 11.9. The van der Waals surface area contributed by atoms with Crippen LogP contribution in [0.2, 0.25) is 0 Å². The van der Waals surface area contributed by atoms with Crippen molar-refractivity contribution in [2.24, 2.45) is 0 Å². The van der Waals surface area contributed by atoms with Gasteiger partial charge >= 0.3 is 0 Å². The molecule has 19 nitrogen and oxygen atoms in total. The van der Waals surface area contributed by atoms with Crippen LogP contribution >= 0.6 is 0 Å². The first-order valence-corrected chi connectivity index (χ1v) is 33.8. The number of aliphatic hydroxyl groups excluding tert-OH is 11. The fraction of sp³-hybridized carbons (Fsp3) is 0.984. The van der Waals surface area contributed by atoms with Crippen LogP contribution in [0.5, 0.6) is 0 Å². The largest absolute Gasteiger partial charge is 0.394 e. The third-order valence-corrected chi connectivity index (χ3v) is 17.4. The highest BCUT2D eigenvalue weighted by Crippen LogP contribution is 2.33. The molecule has 19 heteroatoms. The summed E-state index contributed by atoms with van der Waals surface area (Å²) < 4.78 is 34.4. The van der Waals surface area contributed by atoms with Crippen LogP contribution in [0.4, 0.5) is 0 Å². The zero-order chi connectivity index (χ0) is 60.5. The van der Waals surface area contributed by atoms with E-state index in [1.165, 1.54) is 193 Å². The number of unbranched alkanes of at least 4 members (excludes halogenated alkanes) is 36. The minimum atomic E-state index is -1.97. The van der Waals surface area contributed by atoms with Crippen molar-refractivity contribution in [1.82, 2.24) is 5.32 Å². The van der Waals surface area contributed by atoms with Gasteiger partial charge in [0, 0.05) is 6.42 Å². The number of hydrogen-bond donors (Lipinski definition) is 12. The molecule has 1 amide bonds. The summed E-state index contributed by atoms with van der Waals surface area (Å²) in [6.45, 7) is 1.83. The second-order valence-electron chi connectivity index (χ2n) is 24.7. The molecule has 12 N–H and O–H groups in total. The first kappa shape index (κ1) is 76.0. The van der Waals surface area contributed by atoms with Gasteiger partial charge in [-0.2, -0.15) is 0 Å². The summed E-state index contributed by atoms with van der Waals surface area (Å²) >= 11 is 0. The van der Waals surface area contributed by atoms with Crippen LogP contribution in [0.25, 0.3) is 0 Å². The lowest BCUT2D eigenvalue weighted by molar-refractivity contribution is -0.379. The number of rotatable bonds is 52. The van der Waals surface area contributed by atoms with Gasteiger partial charge in [0.15, 0.2) is 18.9 Å². The third-order valence-electron chi connectivity index (χ3n) is 17.4. The van der Waals surface area contributed by atoms with Crippen LogP contribution in [0, 0.1) is 0 Å². The van der Waals surface area contributed by atoms with Crippen LogP contribution in [-0.2, 0) is 33.2 Å². The maximum absolute atomic E-state index is 13.4. The van der Waals surface area contributed by atoms with E-state index in [1.54, 1.807) is 0 Å².